The number of hydrogen-bond acceptors (Lipinski definition) is 1. The van der Waals surface area contributed by atoms with Gasteiger partial charge in [-0.3, -0.25) is 0 Å². The second kappa shape index (κ2) is 7.00. The summed E-state index contributed by atoms with van der Waals surface area (Å²) in [5, 5.41) is 0. The standard InChI is InChI=1S/C21H28O/c1-16(2)14-17-6-10-19(11-7-17)22-20-12-8-18(9-13-20)15-21(3,4)5/h6-13,16H,14-15H2,1-5H3. The van der Waals surface area contributed by atoms with Crippen LogP contribution in [0.3, 0.4) is 0 Å². The molecule has 0 unspecified atom stereocenters. The van der Waals surface area contributed by atoms with Crippen LogP contribution < -0.4 is 4.74 Å². The molecule has 0 aliphatic carbocycles. The summed E-state index contributed by atoms with van der Waals surface area (Å²) in [6.45, 7) is 11.3. The lowest BCUT2D eigenvalue weighted by atomic mass is 9.88. The minimum Gasteiger partial charge on any atom is -0.457 e. The molecule has 0 bridgehead atoms. The summed E-state index contributed by atoms with van der Waals surface area (Å²) >= 11 is 0. The molecular formula is C21H28O. The first-order valence-corrected chi connectivity index (χ1v) is 8.17. The fraction of sp³-hybridized carbons (Fsp3) is 0.429. The maximum Gasteiger partial charge on any atom is 0.127 e. The van der Waals surface area contributed by atoms with Crippen molar-refractivity contribution in [2.45, 2.75) is 47.5 Å². The van der Waals surface area contributed by atoms with Crippen LogP contribution in [-0.2, 0) is 12.8 Å². The summed E-state index contributed by atoms with van der Waals surface area (Å²) in [6.07, 6.45) is 2.19. The summed E-state index contributed by atoms with van der Waals surface area (Å²) in [5.41, 5.74) is 3.03. The molecule has 0 N–H and O–H groups in total. The van der Waals surface area contributed by atoms with Crippen molar-refractivity contribution in [1.82, 2.24) is 0 Å². The second-order valence-corrected chi connectivity index (χ2v) is 7.73. The van der Waals surface area contributed by atoms with E-state index in [1.807, 2.05) is 0 Å². The quantitative estimate of drug-likeness (QED) is 0.632. The van der Waals surface area contributed by atoms with Gasteiger partial charge < -0.3 is 4.74 Å². The van der Waals surface area contributed by atoms with Crippen molar-refractivity contribution >= 4 is 0 Å². The molecule has 22 heavy (non-hydrogen) atoms. The van der Waals surface area contributed by atoms with E-state index < -0.39 is 0 Å². The monoisotopic (exact) mass is 296 g/mol. The third-order valence-electron chi connectivity index (χ3n) is 3.46. The summed E-state index contributed by atoms with van der Waals surface area (Å²) in [5.74, 6) is 2.48. The highest BCUT2D eigenvalue weighted by molar-refractivity contribution is 5.34. The maximum absolute atomic E-state index is 5.92. The molecule has 118 valence electrons. The van der Waals surface area contributed by atoms with Crippen LogP contribution in [-0.4, -0.2) is 0 Å². The lowest BCUT2D eigenvalue weighted by molar-refractivity contribution is 0.410. The SMILES string of the molecule is CC(C)Cc1ccc(Oc2ccc(CC(C)(C)C)cc2)cc1. The van der Waals surface area contributed by atoms with Gasteiger partial charge in [-0.05, 0) is 59.6 Å². The van der Waals surface area contributed by atoms with E-state index in [2.05, 4.69) is 83.1 Å². The van der Waals surface area contributed by atoms with Gasteiger partial charge in [-0.15, -0.1) is 0 Å². The minimum absolute atomic E-state index is 0.314. The Bertz CT molecular complexity index is 571. The zero-order valence-electron chi connectivity index (χ0n) is 14.5. The topological polar surface area (TPSA) is 9.23 Å². The van der Waals surface area contributed by atoms with E-state index >= 15 is 0 Å². The first-order chi connectivity index (χ1) is 10.3. The van der Waals surface area contributed by atoms with E-state index in [0.717, 1.165) is 24.3 Å². The van der Waals surface area contributed by atoms with Gasteiger partial charge in [0.05, 0.1) is 0 Å². The minimum atomic E-state index is 0.314. The largest absolute Gasteiger partial charge is 0.457 e. The second-order valence-electron chi connectivity index (χ2n) is 7.73. The molecule has 2 aromatic rings. The fourth-order valence-corrected chi connectivity index (χ4v) is 2.59. The Morgan fingerprint density at radius 3 is 1.64 bits per heavy atom. The molecule has 0 saturated heterocycles. The number of ether oxygens (including phenoxy) is 1. The van der Waals surface area contributed by atoms with E-state index in [0.29, 0.717) is 11.3 Å². The highest BCUT2D eigenvalue weighted by Crippen LogP contribution is 2.25. The highest BCUT2D eigenvalue weighted by Gasteiger charge is 2.11. The third kappa shape index (κ3) is 5.55. The summed E-state index contributed by atoms with van der Waals surface area (Å²) < 4.78 is 5.92. The Hall–Kier alpha value is -1.76. The molecule has 1 heteroatoms. The molecular weight excluding hydrogens is 268 g/mol. The average Bonchev–Trinajstić information content (AvgIpc) is 2.41. The van der Waals surface area contributed by atoms with Gasteiger partial charge in [0.2, 0.25) is 0 Å². The Labute approximate surface area is 135 Å². The Morgan fingerprint density at radius 2 is 1.23 bits per heavy atom. The van der Waals surface area contributed by atoms with Crippen molar-refractivity contribution in [2.75, 3.05) is 0 Å². The average molecular weight is 296 g/mol. The summed E-state index contributed by atoms with van der Waals surface area (Å²) in [4.78, 5) is 0. The molecule has 0 radical (unpaired) electrons. The third-order valence-corrected chi connectivity index (χ3v) is 3.46. The normalized spacial score (nSPS) is 11.7. The van der Waals surface area contributed by atoms with Crippen LogP contribution in [0, 0.1) is 11.3 Å². The van der Waals surface area contributed by atoms with E-state index in [1.165, 1.54) is 11.1 Å². The van der Waals surface area contributed by atoms with Gasteiger partial charge in [-0.2, -0.15) is 0 Å². The molecule has 2 rings (SSSR count). The number of hydrogen-bond donors (Lipinski definition) is 0. The molecule has 0 amide bonds. The summed E-state index contributed by atoms with van der Waals surface area (Å²) in [6, 6.07) is 16.9. The summed E-state index contributed by atoms with van der Waals surface area (Å²) in [7, 11) is 0. The van der Waals surface area contributed by atoms with Crippen molar-refractivity contribution in [3.63, 3.8) is 0 Å². The number of rotatable bonds is 5. The Balaban J connectivity index is 1.98. The lowest BCUT2D eigenvalue weighted by Gasteiger charge is -2.18. The Morgan fingerprint density at radius 1 is 0.773 bits per heavy atom. The molecule has 0 saturated carbocycles. The first kappa shape index (κ1) is 16.6. The molecule has 0 aliphatic heterocycles. The van der Waals surface area contributed by atoms with Crippen LogP contribution in [0.4, 0.5) is 0 Å². The van der Waals surface area contributed by atoms with E-state index in [4.69, 9.17) is 4.74 Å². The van der Waals surface area contributed by atoms with Crippen LogP contribution >= 0.6 is 0 Å². The molecule has 1 nitrogen and oxygen atoms in total. The van der Waals surface area contributed by atoms with Crippen molar-refractivity contribution in [3.8, 4) is 11.5 Å². The van der Waals surface area contributed by atoms with Crippen LogP contribution in [0.25, 0.3) is 0 Å². The molecule has 0 spiro atoms. The van der Waals surface area contributed by atoms with Gasteiger partial charge in [0.25, 0.3) is 0 Å². The smallest absolute Gasteiger partial charge is 0.127 e. The lowest BCUT2D eigenvalue weighted by Crippen LogP contribution is -2.08. The predicted molar refractivity (Wildman–Crippen MR) is 94.7 cm³/mol. The van der Waals surface area contributed by atoms with Gasteiger partial charge in [-0.25, -0.2) is 0 Å². The molecule has 0 aliphatic rings. The van der Waals surface area contributed by atoms with Gasteiger partial charge in [-0.1, -0.05) is 58.9 Å². The van der Waals surface area contributed by atoms with Crippen LogP contribution in [0.2, 0.25) is 0 Å². The van der Waals surface area contributed by atoms with Gasteiger partial charge in [0.1, 0.15) is 11.5 Å². The van der Waals surface area contributed by atoms with Crippen LogP contribution in [0.15, 0.2) is 48.5 Å². The zero-order chi connectivity index (χ0) is 16.2. The van der Waals surface area contributed by atoms with Gasteiger partial charge >= 0.3 is 0 Å². The van der Waals surface area contributed by atoms with Crippen LogP contribution in [0.5, 0.6) is 11.5 Å². The fourth-order valence-electron chi connectivity index (χ4n) is 2.59. The van der Waals surface area contributed by atoms with E-state index in [-0.39, 0.29) is 0 Å². The van der Waals surface area contributed by atoms with Crippen molar-refractivity contribution in [1.29, 1.82) is 0 Å². The van der Waals surface area contributed by atoms with Gasteiger partial charge in [0, 0.05) is 0 Å². The van der Waals surface area contributed by atoms with Crippen molar-refractivity contribution < 1.29 is 4.74 Å². The maximum atomic E-state index is 5.92. The molecule has 2 aromatic carbocycles. The van der Waals surface area contributed by atoms with Crippen molar-refractivity contribution in [3.05, 3.63) is 59.7 Å². The molecule has 0 aromatic heterocycles. The Kier molecular flexibility index (Phi) is 5.28. The van der Waals surface area contributed by atoms with Crippen LogP contribution in [0.1, 0.15) is 45.7 Å². The van der Waals surface area contributed by atoms with E-state index in [9.17, 15) is 0 Å². The zero-order valence-corrected chi connectivity index (χ0v) is 14.5. The predicted octanol–water partition coefficient (Wildman–Crippen LogP) is 6.27. The molecule has 0 heterocycles. The van der Waals surface area contributed by atoms with E-state index in [1.54, 1.807) is 0 Å². The number of benzene rings is 2. The van der Waals surface area contributed by atoms with Crippen molar-refractivity contribution in [2.24, 2.45) is 11.3 Å². The molecule has 0 fully saturated rings. The first-order valence-electron chi connectivity index (χ1n) is 8.17. The van der Waals surface area contributed by atoms with Gasteiger partial charge in [0.15, 0.2) is 0 Å². The molecule has 0 atom stereocenters. The highest BCUT2D eigenvalue weighted by atomic mass is 16.5.